The molecule has 0 saturated heterocycles. The van der Waals surface area contributed by atoms with E-state index in [1.165, 1.54) is 6.07 Å². The van der Waals surface area contributed by atoms with E-state index < -0.39 is 34.4 Å². The van der Waals surface area contributed by atoms with Crippen molar-refractivity contribution >= 4 is 11.6 Å². The summed E-state index contributed by atoms with van der Waals surface area (Å²) in [6.07, 6.45) is 0. The molecule has 3 rings (SSSR count). The number of phenols is 4. The lowest BCUT2D eigenvalue weighted by Crippen LogP contribution is -2.22. The topological polar surface area (TPSA) is 115 Å². The molecule has 1 aliphatic carbocycles. The van der Waals surface area contributed by atoms with Crippen LogP contribution in [0, 0.1) is 6.92 Å². The van der Waals surface area contributed by atoms with Gasteiger partial charge in [-0.25, -0.2) is 0 Å². The summed E-state index contributed by atoms with van der Waals surface area (Å²) in [6.45, 7) is 1.55. The van der Waals surface area contributed by atoms with E-state index in [9.17, 15) is 30.0 Å². The summed E-state index contributed by atoms with van der Waals surface area (Å²) in [5.74, 6) is -3.65. The molecule has 2 aromatic carbocycles. The fourth-order valence-corrected chi connectivity index (χ4v) is 2.60. The van der Waals surface area contributed by atoms with Crippen LogP contribution in [-0.2, 0) is 0 Å². The number of aryl methyl sites for hydroxylation is 1. The number of carbonyl (C=O) groups is 2. The summed E-state index contributed by atoms with van der Waals surface area (Å²) in [6, 6.07) is 3.25. The molecular weight excluding hydrogens is 276 g/mol. The molecule has 6 nitrogen and oxygen atoms in total. The molecule has 0 aromatic heterocycles. The van der Waals surface area contributed by atoms with Crippen LogP contribution in [0.5, 0.6) is 23.0 Å². The number of hydrogen-bond acceptors (Lipinski definition) is 6. The van der Waals surface area contributed by atoms with Crippen LogP contribution in [0.2, 0.25) is 0 Å². The molecule has 106 valence electrons. The number of fused-ring (bicyclic) bond motifs is 2. The van der Waals surface area contributed by atoms with Gasteiger partial charge in [-0.05, 0) is 24.6 Å². The average molecular weight is 286 g/mol. The molecule has 0 bridgehead atoms. The molecule has 0 unspecified atom stereocenters. The van der Waals surface area contributed by atoms with Crippen molar-refractivity contribution in [3.63, 3.8) is 0 Å². The zero-order valence-corrected chi connectivity index (χ0v) is 10.8. The lowest BCUT2D eigenvalue weighted by Gasteiger charge is -2.21. The number of rotatable bonds is 0. The minimum Gasteiger partial charge on any atom is -0.508 e. The van der Waals surface area contributed by atoms with Gasteiger partial charge in [0, 0.05) is 17.2 Å². The monoisotopic (exact) mass is 286 g/mol. The summed E-state index contributed by atoms with van der Waals surface area (Å²) in [4.78, 5) is 24.9. The molecule has 1 aliphatic rings. The Hall–Kier alpha value is -3.02. The van der Waals surface area contributed by atoms with Gasteiger partial charge in [-0.15, -0.1) is 0 Å². The third-order valence-electron chi connectivity index (χ3n) is 3.51. The zero-order chi connectivity index (χ0) is 15.5. The van der Waals surface area contributed by atoms with E-state index in [1.54, 1.807) is 6.92 Å². The van der Waals surface area contributed by atoms with E-state index in [0.717, 1.165) is 12.1 Å². The molecule has 0 amide bonds. The highest BCUT2D eigenvalue weighted by Crippen LogP contribution is 2.43. The van der Waals surface area contributed by atoms with Crippen LogP contribution in [0.3, 0.4) is 0 Å². The Bertz CT molecular complexity index is 835. The number of ketones is 2. The van der Waals surface area contributed by atoms with Gasteiger partial charge in [0.1, 0.15) is 11.5 Å². The van der Waals surface area contributed by atoms with E-state index in [0.29, 0.717) is 5.56 Å². The Morgan fingerprint density at radius 2 is 1.43 bits per heavy atom. The Kier molecular flexibility index (Phi) is 2.47. The van der Waals surface area contributed by atoms with Gasteiger partial charge in [0.05, 0.1) is 11.1 Å². The van der Waals surface area contributed by atoms with Gasteiger partial charge in [-0.2, -0.15) is 0 Å². The first-order valence-electron chi connectivity index (χ1n) is 6.03. The molecule has 2 aromatic rings. The Morgan fingerprint density at radius 1 is 0.762 bits per heavy atom. The smallest absolute Gasteiger partial charge is 0.198 e. The summed E-state index contributed by atoms with van der Waals surface area (Å²) in [5, 5.41) is 38.7. The fourth-order valence-electron chi connectivity index (χ4n) is 2.60. The van der Waals surface area contributed by atoms with Crippen LogP contribution < -0.4 is 0 Å². The van der Waals surface area contributed by atoms with Crippen LogP contribution in [0.15, 0.2) is 18.2 Å². The second-order valence-electron chi connectivity index (χ2n) is 4.86. The van der Waals surface area contributed by atoms with Crippen molar-refractivity contribution in [3.05, 3.63) is 46.0 Å². The van der Waals surface area contributed by atoms with Crippen molar-refractivity contribution in [2.75, 3.05) is 0 Å². The molecule has 0 atom stereocenters. The van der Waals surface area contributed by atoms with Crippen LogP contribution >= 0.6 is 0 Å². The molecule has 0 saturated carbocycles. The Labute approximate surface area is 118 Å². The van der Waals surface area contributed by atoms with E-state index in [2.05, 4.69) is 0 Å². The first-order chi connectivity index (χ1) is 9.82. The summed E-state index contributed by atoms with van der Waals surface area (Å²) >= 11 is 0. The van der Waals surface area contributed by atoms with Gasteiger partial charge in [0.15, 0.2) is 23.1 Å². The molecule has 0 heterocycles. The standard InChI is InChI=1S/C15H10O6/c1-5-2-6(16)3-7-10(5)15(21)11-8(17)4-9(18)14(20)12(11)13(7)19/h2-4,16-18,20H,1H3. The lowest BCUT2D eigenvalue weighted by molar-refractivity contribution is 0.0972. The molecule has 0 fully saturated rings. The summed E-state index contributed by atoms with van der Waals surface area (Å²) in [5.41, 5.74) is -0.455. The van der Waals surface area contributed by atoms with Gasteiger partial charge >= 0.3 is 0 Å². The van der Waals surface area contributed by atoms with Crippen molar-refractivity contribution in [1.29, 1.82) is 0 Å². The fraction of sp³-hybridized carbons (Fsp3) is 0.0667. The van der Waals surface area contributed by atoms with Crippen molar-refractivity contribution in [2.45, 2.75) is 6.92 Å². The molecule has 21 heavy (non-hydrogen) atoms. The minimum absolute atomic E-state index is 0.0608. The van der Waals surface area contributed by atoms with Crippen molar-refractivity contribution in [1.82, 2.24) is 0 Å². The molecule has 6 heteroatoms. The van der Waals surface area contributed by atoms with Crippen molar-refractivity contribution in [3.8, 4) is 23.0 Å². The molecule has 0 spiro atoms. The third kappa shape index (κ3) is 1.59. The maximum atomic E-state index is 12.5. The Morgan fingerprint density at radius 3 is 2.10 bits per heavy atom. The second kappa shape index (κ2) is 3.99. The number of aromatic hydroxyl groups is 4. The molecule has 4 N–H and O–H groups in total. The predicted molar refractivity (Wildman–Crippen MR) is 71.1 cm³/mol. The number of hydrogen-bond donors (Lipinski definition) is 4. The predicted octanol–water partition coefficient (Wildman–Crippen LogP) is 1.59. The lowest BCUT2D eigenvalue weighted by atomic mass is 9.81. The number of carbonyl (C=O) groups excluding carboxylic acids is 2. The van der Waals surface area contributed by atoms with Crippen LogP contribution in [0.4, 0.5) is 0 Å². The van der Waals surface area contributed by atoms with Crippen LogP contribution in [0.1, 0.15) is 37.4 Å². The Balaban J connectivity index is 2.44. The van der Waals surface area contributed by atoms with Crippen molar-refractivity contribution < 1.29 is 30.0 Å². The zero-order valence-electron chi connectivity index (χ0n) is 10.8. The average Bonchev–Trinajstić information content (AvgIpc) is 2.39. The van der Waals surface area contributed by atoms with Crippen LogP contribution in [0.25, 0.3) is 0 Å². The maximum absolute atomic E-state index is 12.5. The van der Waals surface area contributed by atoms with E-state index in [-0.39, 0.29) is 22.4 Å². The maximum Gasteiger partial charge on any atom is 0.198 e. The molecular formula is C15H10O6. The van der Waals surface area contributed by atoms with E-state index in [4.69, 9.17) is 0 Å². The summed E-state index contributed by atoms with van der Waals surface area (Å²) in [7, 11) is 0. The number of benzene rings is 2. The first kappa shape index (κ1) is 13.0. The SMILES string of the molecule is Cc1cc(O)cc2c1C(=O)c1c(O)cc(O)c(O)c1C2=O. The highest BCUT2D eigenvalue weighted by atomic mass is 16.3. The highest BCUT2D eigenvalue weighted by molar-refractivity contribution is 6.31. The number of phenolic OH excluding ortho intramolecular Hbond substituents is 4. The normalized spacial score (nSPS) is 13.0. The largest absolute Gasteiger partial charge is 0.508 e. The van der Waals surface area contributed by atoms with Gasteiger partial charge in [-0.1, -0.05) is 0 Å². The van der Waals surface area contributed by atoms with Gasteiger partial charge in [-0.3, -0.25) is 9.59 Å². The second-order valence-corrected chi connectivity index (χ2v) is 4.86. The first-order valence-corrected chi connectivity index (χ1v) is 6.03. The summed E-state index contributed by atoms with van der Waals surface area (Å²) < 4.78 is 0. The van der Waals surface area contributed by atoms with Gasteiger partial charge in [0.25, 0.3) is 0 Å². The quantitative estimate of drug-likeness (QED) is 0.368. The highest BCUT2D eigenvalue weighted by Gasteiger charge is 2.37. The molecule has 0 aliphatic heterocycles. The van der Waals surface area contributed by atoms with Gasteiger partial charge < -0.3 is 20.4 Å². The third-order valence-corrected chi connectivity index (χ3v) is 3.51. The van der Waals surface area contributed by atoms with Crippen molar-refractivity contribution in [2.24, 2.45) is 0 Å². The van der Waals surface area contributed by atoms with Crippen LogP contribution in [-0.4, -0.2) is 32.0 Å². The van der Waals surface area contributed by atoms with E-state index in [1.807, 2.05) is 0 Å². The minimum atomic E-state index is -0.771. The molecule has 0 radical (unpaired) electrons. The van der Waals surface area contributed by atoms with Gasteiger partial charge in [0.2, 0.25) is 0 Å². The van der Waals surface area contributed by atoms with E-state index >= 15 is 0 Å².